The molecular formula is C15H13ClF3NO3S. The number of methoxy groups -OCH3 is 1. The molecule has 2 aromatic rings. The predicted octanol–water partition coefficient (Wildman–Crippen LogP) is 4.48. The van der Waals surface area contributed by atoms with E-state index in [1.54, 1.807) is 6.92 Å². The lowest BCUT2D eigenvalue weighted by atomic mass is 10.2. The molecular weight excluding hydrogens is 367 g/mol. The maximum Gasteiger partial charge on any atom is 0.417 e. The van der Waals surface area contributed by atoms with Crippen LogP contribution in [0.25, 0.3) is 0 Å². The largest absolute Gasteiger partial charge is 0.496 e. The Balaban J connectivity index is 2.38. The number of anilines is 1. The molecule has 0 aliphatic carbocycles. The van der Waals surface area contributed by atoms with E-state index in [9.17, 15) is 21.6 Å². The molecule has 1 N–H and O–H groups in total. The number of benzene rings is 2. The summed E-state index contributed by atoms with van der Waals surface area (Å²) >= 11 is 5.51. The van der Waals surface area contributed by atoms with Gasteiger partial charge in [0.1, 0.15) is 5.75 Å². The molecule has 0 aliphatic rings. The van der Waals surface area contributed by atoms with Crippen molar-refractivity contribution in [1.82, 2.24) is 0 Å². The van der Waals surface area contributed by atoms with Gasteiger partial charge in [-0.1, -0.05) is 11.6 Å². The maximum absolute atomic E-state index is 12.8. The topological polar surface area (TPSA) is 55.4 Å². The maximum atomic E-state index is 12.8. The SMILES string of the molecule is COc1ccc(S(=O)(=O)Nc2ccc(Cl)c(C(F)(F)F)c2)cc1C. The van der Waals surface area contributed by atoms with Gasteiger partial charge < -0.3 is 4.74 Å². The molecule has 0 amide bonds. The Kier molecular flexibility index (Phi) is 5.00. The van der Waals surface area contributed by atoms with Crippen LogP contribution < -0.4 is 9.46 Å². The third-order valence-electron chi connectivity index (χ3n) is 3.20. The number of rotatable bonds is 4. The molecule has 0 saturated carbocycles. The highest BCUT2D eigenvalue weighted by Gasteiger charge is 2.33. The standard InChI is InChI=1S/C15H13ClF3NO3S/c1-9-7-11(4-6-14(9)23-2)24(21,22)20-10-3-5-13(16)12(8-10)15(17,18)19/h3-8,20H,1-2H3. The molecule has 0 fully saturated rings. The van der Waals surface area contributed by atoms with Crippen LogP contribution in [0.1, 0.15) is 11.1 Å². The highest BCUT2D eigenvalue weighted by molar-refractivity contribution is 7.92. The summed E-state index contributed by atoms with van der Waals surface area (Å²) in [5.41, 5.74) is -0.775. The molecule has 0 aromatic heterocycles. The Hall–Kier alpha value is -1.93. The van der Waals surface area contributed by atoms with Gasteiger partial charge in [-0.2, -0.15) is 13.2 Å². The summed E-state index contributed by atoms with van der Waals surface area (Å²) in [5, 5.41) is -0.509. The van der Waals surface area contributed by atoms with Gasteiger partial charge in [0.25, 0.3) is 10.0 Å². The Morgan fingerprint density at radius 1 is 1.12 bits per heavy atom. The zero-order chi connectivity index (χ0) is 18.1. The van der Waals surface area contributed by atoms with E-state index in [2.05, 4.69) is 4.72 Å². The average Bonchev–Trinajstić information content (AvgIpc) is 2.47. The van der Waals surface area contributed by atoms with Crippen molar-refractivity contribution in [3.8, 4) is 5.75 Å². The number of halogens is 4. The second-order valence-electron chi connectivity index (χ2n) is 4.93. The summed E-state index contributed by atoms with van der Waals surface area (Å²) < 4.78 is 70.4. The van der Waals surface area contributed by atoms with E-state index < -0.39 is 26.8 Å². The lowest BCUT2D eigenvalue weighted by Crippen LogP contribution is -2.14. The summed E-state index contributed by atoms with van der Waals surface area (Å²) in [6.45, 7) is 1.65. The van der Waals surface area contributed by atoms with Crippen molar-refractivity contribution in [2.24, 2.45) is 0 Å². The Bertz CT molecular complexity index is 867. The van der Waals surface area contributed by atoms with Crippen LogP contribution in [0.4, 0.5) is 18.9 Å². The smallest absolute Gasteiger partial charge is 0.417 e. The van der Waals surface area contributed by atoms with Gasteiger partial charge in [-0.3, -0.25) is 4.72 Å². The van der Waals surface area contributed by atoms with Crippen LogP contribution in [0.15, 0.2) is 41.3 Å². The molecule has 0 spiro atoms. The van der Waals surface area contributed by atoms with E-state index in [4.69, 9.17) is 16.3 Å². The van der Waals surface area contributed by atoms with Crippen molar-refractivity contribution in [2.75, 3.05) is 11.8 Å². The summed E-state index contributed by atoms with van der Waals surface area (Å²) in [5.74, 6) is 0.500. The van der Waals surface area contributed by atoms with Gasteiger partial charge in [-0.15, -0.1) is 0 Å². The fourth-order valence-corrected chi connectivity index (χ4v) is 3.40. The molecule has 2 aromatic carbocycles. The first-order valence-corrected chi connectivity index (χ1v) is 8.45. The molecule has 0 radical (unpaired) electrons. The minimum Gasteiger partial charge on any atom is -0.496 e. The van der Waals surface area contributed by atoms with Crippen molar-refractivity contribution in [1.29, 1.82) is 0 Å². The molecule has 130 valence electrons. The first-order chi connectivity index (χ1) is 11.0. The molecule has 0 bridgehead atoms. The van der Waals surface area contributed by atoms with E-state index in [0.717, 1.165) is 12.1 Å². The normalized spacial score (nSPS) is 12.1. The lowest BCUT2D eigenvalue weighted by Gasteiger charge is -2.13. The molecule has 4 nitrogen and oxygen atoms in total. The Morgan fingerprint density at radius 2 is 1.79 bits per heavy atom. The second-order valence-corrected chi connectivity index (χ2v) is 7.02. The van der Waals surface area contributed by atoms with Gasteiger partial charge in [-0.05, 0) is 48.9 Å². The zero-order valence-corrected chi connectivity index (χ0v) is 14.2. The van der Waals surface area contributed by atoms with Crippen molar-refractivity contribution in [3.05, 3.63) is 52.5 Å². The quantitative estimate of drug-likeness (QED) is 0.852. The minimum absolute atomic E-state index is 0.0932. The molecule has 0 atom stereocenters. The third kappa shape index (κ3) is 3.93. The molecule has 2 rings (SSSR count). The molecule has 0 heterocycles. The van der Waals surface area contributed by atoms with Crippen LogP contribution in [-0.2, 0) is 16.2 Å². The number of ether oxygens (including phenoxy) is 1. The van der Waals surface area contributed by atoms with Gasteiger partial charge in [-0.25, -0.2) is 8.42 Å². The van der Waals surface area contributed by atoms with Gasteiger partial charge in [0.2, 0.25) is 0 Å². The first-order valence-electron chi connectivity index (χ1n) is 6.59. The molecule has 9 heteroatoms. The van der Waals surface area contributed by atoms with E-state index in [1.165, 1.54) is 25.3 Å². The monoisotopic (exact) mass is 379 g/mol. The van der Waals surface area contributed by atoms with E-state index >= 15 is 0 Å². The molecule has 0 unspecified atom stereocenters. The fraction of sp³-hybridized carbons (Fsp3) is 0.200. The van der Waals surface area contributed by atoms with Crippen LogP contribution in [0, 0.1) is 6.92 Å². The van der Waals surface area contributed by atoms with Crippen molar-refractivity contribution in [2.45, 2.75) is 18.0 Å². The van der Waals surface area contributed by atoms with Crippen LogP contribution in [0.3, 0.4) is 0 Å². The van der Waals surface area contributed by atoms with Gasteiger partial charge in [0, 0.05) is 5.69 Å². The van der Waals surface area contributed by atoms with Crippen LogP contribution in [0.5, 0.6) is 5.75 Å². The van der Waals surface area contributed by atoms with Crippen molar-refractivity contribution < 1.29 is 26.3 Å². The zero-order valence-electron chi connectivity index (χ0n) is 12.6. The molecule has 0 saturated heterocycles. The third-order valence-corrected chi connectivity index (χ3v) is 4.91. The number of alkyl halides is 3. The van der Waals surface area contributed by atoms with E-state index in [0.29, 0.717) is 17.4 Å². The molecule has 0 aliphatic heterocycles. The summed E-state index contributed by atoms with van der Waals surface area (Å²) in [4.78, 5) is -0.0932. The number of hydrogen-bond donors (Lipinski definition) is 1. The molecule has 24 heavy (non-hydrogen) atoms. The second kappa shape index (κ2) is 6.52. The van der Waals surface area contributed by atoms with E-state index in [-0.39, 0.29) is 10.6 Å². The summed E-state index contributed by atoms with van der Waals surface area (Å²) in [6, 6.07) is 6.92. The predicted molar refractivity (Wildman–Crippen MR) is 85.0 cm³/mol. The first kappa shape index (κ1) is 18.4. The van der Waals surface area contributed by atoms with Crippen molar-refractivity contribution in [3.63, 3.8) is 0 Å². The number of aryl methyl sites for hydroxylation is 1. The summed E-state index contributed by atoms with van der Waals surface area (Å²) in [7, 11) is -2.61. The number of hydrogen-bond acceptors (Lipinski definition) is 3. The van der Waals surface area contributed by atoms with Crippen molar-refractivity contribution >= 4 is 27.3 Å². The van der Waals surface area contributed by atoms with Gasteiger partial charge >= 0.3 is 6.18 Å². The van der Waals surface area contributed by atoms with Crippen LogP contribution >= 0.6 is 11.6 Å². The lowest BCUT2D eigenvalue weighted by molar-refractivity contribution is -0.137. The Labute approximate surface area is 142 Å². The highest BCUT2D eigenvalue weighted by Crippen LogP contribution is 2.36. The fourth-order valence-electron chi connectivity index (χ4n) is 2.04. The number of sulfonamides is 1. The van der Waals surface area contributed by atoms with E-state index in [1.807, 2.05) is 0 Å². The van der Waals surface area contributed by atoms with Crippen LogP contribution in [-0.4, -0.2) is 15.5 Å². The van der Waals surface area contributed by atoms with Crippen LogP contribution in [0.2, 0.25) is 5.02 Å². The minimum atomic E-state index is -4.69. The highest BCUT2D eigenvalue weighted by atomic mass is 35.5. The van der Waals surface area contributed by atoms with Gasteiger partial charge in [0.15, 0.2) is 0 Å². The summed E-state index contributed by atoms with van der Waals surface area (Å²) in [6.07, 6.45) is -4.69. The number of nitrogens with one attached hydrogen (secondary N) is 1. The Morgan fingerprint density at radius 3 is 2.33 bits per heavy atom. The average molecular weight is 380 g/mol. The van der Waals surface area contributed by atoms with Gasteiger partial charge in [0.05, 0.1) is 22.6 Å².